The largest absolute Gasteiger partial charge is 0.395 e. The van der Waals surface area contributed by atoms with Crippen LogP contribution in [0, 0.1) is 17.2 Å². The van der Waals surface area contributed by atoms with Crippen LogP contribution in [-0.4, -0.2) is 34.2 Å². The Balaban J connectivity index is 2.08. The highest BCUT2D eigenvalue weighted by Crippen LogP contribution is 2.25. The van der Waals surface area contributed by atoms with Gasteiger partial charge in [-0.15, -0.1) is 0 Å². The smallest absolute Gasteiger partial charge is 0.140 e. The topological polar surface area (TPSA) is 60.2 Å². The van der Waals surface area contributed by atoms with Crippen molar-refractivity contribution in [3.8, 4) is 6.07 Å². The number of likely N-dealkylation sites (tertiary alicyclic amines) is 1. The Morgan fingerprint density at radius 2 is 2.47 bits per heavy atom. The molecule has 1 aromatic rings. The Labute approximate surface area is 102 Å². The van der Waals surface area contributed by atoms with E-state index in [9.17, 15) is 5.11 Å². The van der Waals surface area contributed by atoms with Crippen LogP contribution >= 0.6 is 0 Å². The van der Waals surface area contributed by atoms with E-state index in [4.69, 9.17) is 5.26 Å². The summed E-state index contributed by atoms with van der Waals surface area (Å²) in [6.45, 7) is 4.18. The molecule has 1 N–H and O–H groups in total. The number of nitriles is 1. The highest BCUT2D eigenvalue weighted by Gasteiger charge is 2.30. The van der Waals surface area contributed by atoms with Gasteiger partial charge in [0.2, 0.25) is 0 Å². The molecule has 1 aliphatic rings. The van der Waals surface area contributed by atoms with Crippen molar-refractivity contribution >= 4 is 0 Å². The molecule has 1 saturated heterocycles. The minimum atomic E-state index is 0.206. The van der Waals surface area contributed by atoms with E-state index >= 15 is 0 Å². The zero-order valence-corrected chi connectivity index (χ0v) is 10.0. The van der Waals surface area contributed by atoms with Crippen molar-refractivity contribution in [2.45, 2.75) is 25.9 Å². The molecule has 0 aliphatic carbocycles. The second-order valence-electron chi connectivity index (χ2n) is 4.65. The maximum atomic E-state index is 9.38. The average Bonchev–Trinajstić information content (AvgIpc) is 2.70. The second kappa shape index (κ2) is 5.26. The van der Waals surface area contributed by atoms with Crippen LogP contribution in [0.2, 0.25) is 0 Å². The Morgan fingerprint density at radius 1 is 1.65 bits per heavy atom. The summed E-state index contributed by atoms with van der Waals surface area (Å²) >= 11 is 0. The predicted octanol–water partition coefficient (Wildman–Crippen LogP) is 1.16. The zero-order chi connectivity index (χ0) is 12.3. The van der Waals surface area contributed by atoms with Gasteiger partial charge >= 0.3 is 0 Å². The minimum Gasteiger partial charge on any atom is -0.395 e. The van der Waals surface area contributed by atoms with Crippen molar-refractivity contribution in [2.75, 3.05) is 13.2 Å². The van der Waals surface area contributed by atoms with Crippen LogP contribution in [0.25, 0.3) is 0 Å². The summed E-state index contributed by atoms with van der Waals surface area (Å²) in [4.78, 5) is 6.24. The van der Waals surface area contributed by atoms with Crippen molar-refractivity contribution in [3.05, 3.63) is 29.6 Å². The van der Waals surface area contributed by atoms with E-state index in [1.165, 1.54) is 0 Å². The minimum absolute atomic E-state index is 0.206. The molecule has 90 valence electrons. The summed E-state index contributed by atoms with van der Waals surface area (Å²) in [6.07, 6.45) is 2.79. The lowest BCUT2D eigenvalue weighted by Crippen LogP contribution is -2.34. The first kappa shape index (κ1) is 12.0. The first-order chi connectivity index (χ1) is 8.24. The van der Waals surface area contributed by atoms with Gasteiger partial charge in [-0.25, -0.2) is 4.98 Å². The van der Waals surface area contributed by atoms with Crippen molar-refractivity contribution in [1.82, 2.24) is 9.88 Å². The molecule has 0 amide bonds. The van der Waals surface area contributed by atoms with E-state index < -0.39 is 0 Å². The number of aliphatic hydroxyl groups excluding tert-OH is 1. The summed E-state index contributed by atoms with van der Waals surface area (Å²) in [5, 5.41) is 18.2. The van der Waals surface area contributed by atoms with Gasteiger partial charge < -0.3 is 5.11 Å². The van der Waals surface area contributed by atoms with Gasteiger partial charge in [0.25, 0.3) is 0 Å². The maximum Gasteiger partial charge on any atom is 0.140 e. The van der Waals surface area contributed by atoms with Crippen LogP contribution < -0.4 is 0 Å². The summed E-state index contributed by atoms with van der Waals surface area (Å²) in [7, 11) is 0. The lowest BCUT2D eigenvalue weighted by atomic mass is 10.0. The Hall–Kier alpha value is -1.44. The van der Waals surface area contributed by atoms with Gasteiger partial charge in [0.1, 0.15) is 11.8 Å². The zero-order valence-electron chi connectivity index (χ0n) is 10.0. The van der Waals surface area contributed by atoms with E-state index in [-0.39, 0.29) is 12.6 Å². The standard InChI is InChI=1S/C13H17N3O/c1-10-3-5-16(13(10)9-17)8-11-2-4-15-12(6-11)7-14/h2,4,6,10,13,17H,3,5,8-9H2,1H3. The molecule has 0 saturated carbocycles. The van der Waals surface area contributed by atoms with Gasteiger partial charge in [0.05, 0.1) is 6.61 Å². The normalized spacial score (nSPS) is 24.8. The third-order valence-electron chi connectivity index (χ3n) is 3.51. The van der Waals surface area contributed by atoms with Crippen molar-refractivity contribution in [3.63, 3.8) is 0 Å². The molecule has 1 aromatic heterocycles. The van der Waals surface area contributed by atoms with Gasteiger partial charge in [-0.3, -0.25) is 4.90 Å². The molecule has 17 heavy (non-hydrogen) atoms. The van der Waals surface area contributed by atoms with Crippen LogP contribution in [0.15, 0.2) is 18.3 Å². The number of pyridine rings is 1. The van der Waals surface area contributed by atoms with E-state index in [0.717, 1.165) is 25.1 Å². The first-order valence-corrected chi connectivity index (χ1v) is 5.94. The molecule has 2 rings (SSSR count). The highest BCUT2D eigenvalue weighted by atomic mass is 16.3. The molecule has 4 nitrogen and oxygen atoms in total. The van der Waals surface area contributed by atoms with E-state index in [2.05, 4.69) is 16.8 Å². The molecule has 2 atom stereocenters. The van der Waals surface area contributed by atoms with Crippen LogP contribution in [-0.2, 0) is 6.54 Å². The number of aromatic nitrogens is 1. The SMILES string of the molecule is CC1CCN(Cc2ccnc(C#N)c2)C1CO. The average molecular weight is 231 g/mol. The highest BCUT2D eigenvalue weighted by molar-refractivity contribution is 5.25. The molecule has 2 heterocycles. The van der Waals surface area contributed by atoms with E-state index in [1.54, 1.807) is 6.20 Å². The van der Waals surface area contributed by atoms with Gasteiger partial charge in [0.15, 0.2) is 0 Å². The van der Waals surface area contributed by atoms with Gasteiger partial charge in [-0.1, -0.05) is 6.92 Å². The van der Waals surface area contributed by atoms with Gasteiger partial charge in [-0.2, -0.15) is 5.26 Å². The first-order valence-electron chi connectivity index (χ1n) is 5.94. The predicted molar refractivity (Wildman–Crippen MR) is 64.0 cm³/mol. The Kier molecular flexibility index (Phi) is 3.72. The molecular weight excluding hydrogens is 214 g/mol. The number of hydrogen-bond acceptors (Lipinski definition) is 4. The molecule has 4 heteroatoms. The summed E-state index contributed by atoms with van der Waals surface area (Å²) in [5.41, 5.74) is 1.54. The Bertz CT molecular complexity index is 427. The monoisotopic (exact) mass is 231 g/mol. The van der Waals surface area contributed by atoms with Crippen LogP contribution in [0.1, 0.15) is 24.6 Å². The number of rotatable bonds is 3. The van der Waals surface area contributed by atoms with Crippen molar-refractivity contribution in [2.24, 2.45) is 5.92 Å². The molecular formula is C13H17N3O. The van der Waals surface area contributed by atoms with E-state index in [0.29, 0.717) is 11.6 Å². The fraction of sp³-hybridized carbons (Fsp3) is 0.538. The second-order valence-corrected chi connectivity index (χ2v) is 4.65. The molecule has 0 aromatic carbocycles. The van der Waals surface area contributed by atoms with Crippen LogP contribution in [0.3, 0.4) is 0 Å². The number of nitrogens with zero attached hydrogens (tertiary/aromatic N) is 3. The van der Waals surface area contributed by atoms with Gasteiger partial charge in [-0.05, 0) is 36.6 Å². The van der Waals surface area contributed by atoms with Crippen LogP contribution in [0.4, 0.5) is 0 Å². The third kappa shape index (κ3) is 2.63. The summed E-state index contributed by atoms with van der Waals surface area (Å²) in [5.74, 6) is 0.539. The molecule has 0 radical (unpaired) electrons. The fourth-order valence-electron chi connectivity index (χ4n) is 2.45. The summed E-state index contributed by atoms with van der Waals surface area (Å²) < 4.78 is 0. The lowest BCUT2D eigenvalue weighted by Gasteiger charge is -2.24. The fourth-order valence-corrected chi connectivity index (χ4v) is 2.45. The molecule has 1 fully saturated rings. The van der Waals surface area contributed by atoms with Crippen LogP contribution in [0.5, 0.6) is 0 Å². The van der Waals surface area contributed by atoms with E-state index in [1.807, 2.05) is 18.2 Å². The lowest BCUT2D eigenvalue weighted by molar-refractivity contribution is 0.134. The molecule has 1 aliphatic heterocycles. The molecule has 2 unspecified atom stereocenters. The number of hydrogen-bond donors (Lipinski definition) is 1. The molecule has 0 bridgehead atoms. The van der Waals surface area contributed by atoms with Crippen molar-refractivity contribution < 1.29 is 5.11 Å². The Morgan fingerprint density at radius 3 is 3.18 bits per heavy atom. The van der Waals surface area contributed by atoms with Crippen molar-refractivity contribution in [1.29, 1.82) is 5.26 Å². The number of aliphatic hydroxyl groups is 1. The quantitative estimate of drug-likeness (QED) is 0.848. The maximum absolute atomic E-state index is 9.38. The molecule has 0 spiro atoms. The third-order valence-corrected chi connectivity index (χ3v) is 3.51. The summed E-state index contributed by atoms with van der Waals surface area (Å²) in [6, 6.07) is 6.04. The van der Waals surface area contributed by atoms with Gasteiger partial charge in [0, 0.05) is 18.8 Å².